The van der Waals surface area contributed by atoms with Crippen LogP contribution in [0.2, 0.25) is 5.02 Å². The lowest BCUT2D eigenvalue weighted by Gasteiger charge is -2.30. The third kappa shape index (κ3) is 1.54. The first-order chi connectivity index (χ1) is 6.74. The van der Waals surface area contributed by atoms with E-state index in [-0.39, 0.29) is 6.04 Å². The van der Waals surface area contributed by atoms with E-state index in [2.05, 4.69) is 5.32 Å². The van der Waals surface area contributed by atoms with Crippen molar-refractivity contribution in [1.82, 2.24) is 5.32 Å². The van der Waals surface area contributed by atoms with Crippen LogP contribution in [0.1, 0.15) is 23.7 Å². The van der Waals surface area contributed by atoms with Crippen molar-refractivity contribution in [2.45, 2.75) is 25.0 Å². The number of rotatable bonds is 1. The summed E-state index contributed by atoms with van der Waals surface area (Å²) in [7, 11) is 1.88. The van der Waals surface area contributed by atoms with Gasteiger partial charge in [0.1, 0.15) is 0 Å². The molecule has 3 heteroatoms. The number of fused-ring (bicyclic) bond motifs is 1. The number of nitrogens with one attached hydrogen (secondary N) is 1. The third-order valence-electron chi connectivity index (χ3n) is 2.93. The monoisotopic (exact) mass is 211 g/mol. The van der Waals surface area contributed by atoms with E-state index in [0.717, 1.165) is 29.0 Å². The molecule has 1 aliphatic carbocycles. The van der Waals surface area contributed by atoms with Gasteiger partial charge in [-0.05, 0) is 37.1 Å². The smallest absolute Gasteiger partial charge is 0.0946 e. The minimum absolute atomic E-state index is 0.154. The molecular weight excluding hydrogens is 198 g/mol. The van der Waals surface area contributed by atoms with E-state index in [4.69, 9.17) is 11.6 Å². The van der Waals surface area contributed by atoms with Crippen molar-refractivity contribution in [1.29, 1.82) is 0 Å². The van der Waals surface area contributed by atoms with Gasteiger partial charge in [-0.15, -0.1) is 0 Å². The summed E-state index contributed by atoms with van der Waals surface area (Å²) in [6.07, 6.45) is 1.45. The second-order valence-electron chi connectivity index (χ2n) is 3.69. The van der Waals surface area contributed by atoms with Gasteiger partial charge in [-0.2, -0.15) is 0 Å². The van der Waals surface area contributed by atoms with Gasteiger partial charge in [0.15, 0.2) is 0 Å². The van der Waals surface area contributed by atoms with Crippen molar-refractivity contribution in [3.8, 4) is 0 Å². The number of aliphatic hydroxyl groups excluding tert-OH is 1. The second-order valence-corrected chi connectivity index (χ2v) is 4.09. The van der Waals surface area contributed by atoms with E-state index < -0.39 is 6.10 Å². The maximum atomic E-state index is 10.0. The predicted octanol–water partition coefficient (Wildman–Crippen LogP) is 1.91. The summed E-state index contributed by atoms with van der Waals surface area (Å²) in [5.41, 5.74) is 2.08. The summed E-state index contributed by atoms with van der Waals surface area (Å²) < 4.78 is 0. The number of hydrogen-bond acceptors (Lipinski definition) is 2. The molecule has 2 unspecified atom stereocenters. The fourth-order valence-corrected chi connectivity index (χ4v) is 2.37. The fourth-order valence-electron chi connectivity index (χ4n) is 2.09. The molecule has 0 saturated heterocycles. The Morgan fingerprint density at radius 2 is 2.29 bits per heavy atom. The van der Waals surface area contributed by atoms with Gasteiger partial charge in [-0.3, -0.25) is 0 Å². The van der Waals surface area contributed by atoms with E-state index in [0.29, 0.717) is 0 Å². The van der Waals surface area contributed by atoms with Crippen LogP contribution in [0.4, 0.5) is 0 Å². The van der Waals surface area contributed by atoms with Gasteiger partial charge in [-0.25, -0.2) is 0 Å². The topological polar surface area (TPSA) is 32.3 Å². The minimum atomic E-state index is -0.428. The van der Waals surface area contributed by atoms with Gasteiger partial charge in [0, 0.05) is 11.1 Å². The summed E-state index contributed by atoms with van der Waals surface area (Å²) in [6, 6.07) is 5.88. The maximum Gasteiger partial charge on any atom is 0.0946 e. The summed E-state index contributed by atoms with van der Waals surface area (Å²) in [5.74, 6) is 0. The molecule has 1 aromatic carbocycles. The first kappa shape index (κ1) is 9.97. The largest absolute Gasteiger partial charge is 0.387 e. The standard InChI is InChI=1S/C11H14ClNO/c1-13-10-6-5-7-8(11(10)14)3-2-4-9(7)12/h2-4,10-11,13-14H,5-6H2,1H3. The highest BCUT2D eigenvalue weighted by atomic mass is 35.5. The molecule has 2 rings (SSSR count). The lowest BCUT2D eigenvalue weighted by atomic mass is 9.86. The van der Waals surface area contributed by atoms with E-state index >= 15 is 0 Å². The highest BCUT2D eigenvalue weighted by Crippen LogP contribution is 2.33. The van der Waals surface area contributed by atoms with E-state index in [9.17, 15) is 5.11 Å². The van der Waals surface area contributed by atoms with Gasteiger partial charge < -0.3 is 10.4 Å². The zero-order chi connectivity index (χ0) is 10.1. The van der Waals surface area contributed by atoms with Crippen molar-refractivity contribution in [2.24, 2.45) is 0 Å². The Bertz CT molecular complexity index is 340. The molecule has 0 aromatic heterocycles. The maximum absolute atomic E-state index is 10.0. The van der Waals surface area contributed by atoms with Crippen molar-refractivity contribution in [3.63, 3.8) is 0 Å². The van der Waals surface area contributed by atoms with Gasteiger partial charge in [0.25, 0.3) is 0 Å². The van der Waals surface area contributed by atoms with E-state index in [1.165, 1.54) is 0 Å². The molecule has 0 amide bonds. The fraction of sp³-hybridized carbons (Fsp3) is 0.455. The number of benzene rings is 1. The lowest BCUT2D eigenvalue weighted by molar-refractivity contribution is 0.119. The highest BCUT2D eigenvalue weighted by molar-refractivity contribution is 6.31. The van der Waals surface area contributed by atoms with Crippen LogP contribution < -0.4 is 5.32 Å². The Morgan fingerprint density at radius 1 is 1.50 bits per heavy atom. The van der Waals surface area contributed by atoms with Gasteiger partial charge >= 0.3 is 0 Å². The van der Waals surface area contributed by atoms with Gasteiger partial charge in [-0.1, -0.05) is 23.7 Å². The van der Waals surface area contributed by atoms with Gasteiger partial charge in [0.05, 0.1) is 6.10 Å². The summed E-state index contributed by atoms with van der Waals surface area (Å²) >= 11 is 6.07. The lowest BCUT2D eigenvalue weighted by Crippen LogP contribution is -2.36. The number of halogens is 1. The Morgan fingerprint density at radius 3 is 3.00 bits per heavy atom. The quantitative estimate of drug-likeness (QED) is 0.744. The van der Waals surface area contributed by atoms with Crippen molar-refractivity contribution >= 4 is 11.6 Å². The molecule has 76 valence electrons. The molecule has 0 radical (unpaired) electrons. The van der Waals surface area contributed by atoms with Crippen LogP contribution in [0.5, 0.6) is 0 Å². The Labute approximate surface area is 88.9 Å². The van der Waals surface area contributed by atoms with E-state index in [1.807, 2.05) is 25.2 Å². The molecule has 0 aliphatic heterocycles. The Kier molecular flexibility index (Phi) is 2.77. The molecule has 0 spiro atoms. The zero-order valence-electron chi connectivity index (χ0n) is 8.13. The van der Waals surface area contributed by atoms with Crippen LogP contribution >= 0.6 is 11.6 Å². The zero-order valence-corrected chi connectivity index (χ0v) is 8.88. The normalized spacial score (nSPS) is 25.9. The van der Waals surface area contributed by atoms with Gasteiger partial charge in [0.2, 0.25) is 0 Å². The summed E-state index contributed by atoms with van der Waals surface area (Å²) in [6.45, 7) is 0. The Balaban J connectivity index is 2.41. The SMILES string of the molecule is CNC1CCc2c(Cl)cccc2C1O. The van der Waals surface area contributed by atoms with Crippen molar-refractivity contribution < 1.29 is 5.11 Å². The molecule has 1 aliphatic rings. The van der Waals surface area contributed by atoms with Crippen molar-refractivity contribution in [3.05, 3.63) is 34.3 Å². The molecule has 2 atom stereocenters. The first-order valence-electron chi connectivity index (χ1n) is 4.86. The minimum Gasteiger partial charge on any atom is -0.387 e. The molecule has 2 nitrogen and oxygen atoms in total. The molecule has 0 bridgehead atoms. The predicted molar refractivity (Wildman–Crippen MR) is 57.6 cm³/mol. The highest BCUT2D eigenvalue weighted by Gasteiger charge is 2.27. The average Bonchev–Trinajstić information content (AvgIpc) is 2.20. The average molecular weight is 212 g/mol. The van der Waals surface area contributed by atoms with Crippen LogP contribution in [-0.2, 0) is 6.42 Å². The van der Waals surface area contributed by atoms with E-state index in [1.54, 1.807) is 0 Å². The molecule has 1 aromatic rings. The first-order valence-corrected chi connectivity index (χ1v) is 5.24. The van der Waals surface area contributed by atoms with Crippen LogP contribution in [0.15, 0.2) is 18.2 Å². The Hall–Kier alpha value is -0.570. The summed E-state index contributed by atoms with van der Waals surface area (Å²) in [5, 5.41) is 13.9. The molecule has 14 heavy (non-hydrogen) atoms. The second kappa shape index (κ2) is 3.89. The number of likely N-dealkylation sites (N-methyl/N-ethyl adjacent to an activating group) is 1. The molecule has 0 heterocycles. The third-order valence-corrected chi connectivity index (χ3v) is 3.29. The van der Waals surface area contributed by atoms with Crippen molar-refractivity contribution in [2.75, 3.05) is 7.05 Å². The van der Waals surface area contributed by atoms with Crippen LogP contribution in [0, 0.1) is 0 Å². The summed E-state index contributed by atoms with van der Waals surface area (Å²) in [4.78, 5) is 0. The van der Waals surface area contributed by atoms with Crippen LogP contribution in [-0.4, -0.2) is 18.2 Å². The molecule has 0 saturated carbocycles. The number of hydrogen-bond donors (Lipinski definition) is 2. The van der Waals surface area contributed by atoms with Crippen LogP contribution in [0.3, 0.4) is 0 Å². The molecule has 0 fully saturated rings. The molecule has 2 N–H and O–H groups in total. The molecular formula is C11H14ClNO. The number of aliphatic hydroxyl groups is 1. The van der Waals surface area contributed by atoms with Crippen LogP contribution in [0.25, 0.3) is 0 Å².